The van der Waals surface area contributed by atoms with Crippen molar-refractivity contribution < 1.29 is 24.0 Å². The zero-order valence-corrected chi connectivity index (χ0v) is 20.1. The van der Waals surface area contributed by atoms with Crippen LogP contribution in [0.1, 0.15) is 11.1 Å². The summed E-state index contributed by atoms with van der Waals surface area (Å²) >= 11 is 9.61. The first-order valence-corrected chi connectivity index (χ1v) is 11.2. The second-order valence-corrected chi connectivity index (χ2v) is 8.66. The second-order valence-electron chi connectivity index (χ2n) is 7.34. The Labute approximate surface area is 212 Å². The highest BCUT2D eigenvalue weighted by atomic mass is 79.9. The highest BCUT2D eigenvalue weighted by Gasteiger charge is 2.36. The van der Waals surface area contributed by atoms with Gasteiger partial charge >= 0.3 is 6.03 Å². The largest absolute Gasteiger partial charge is 0.487 e. The molecular weight excluding hydrogens is 542 g/mol. The average molecular weight is 557 g/mol. The molecule has 0 radical (unpaired) electrons. The Morgan fingerprint density at radius 2 is 1.80 bits per heavy atom. The van der Waals surface area contributed by atoms with E-state index in [0.29, 0.717) is 22.6 Å². The molecule has 9 nitrogen and oxygen atoms in total. The lowest BCUT2D eigenvalue weighted by molar-refractivity contribution is -0.384. The summed E-state index contributed by atoms with van der Waals surface area (Å²) in [6.07, 6.45) is 1.33. The lowest BCUT2D eigenvalue weighted by Crippen LogP contribution is -2.54. The molecular formula is C24H15BrClN3O6. The molecule has 1 saturated heterocycles. The zero-order chi connectivity index (χ0) is 25.1. The van der Waals surface area contributed by atoms with Gasteiger partial charge in [-0.2, -0.15) is 0 Å². The van der Waals surface area contributed by atoms with Crippen LogP contribution in [-0.4, -0.2) is 22.8 Å². The van der Waals surface area contributed by atoms with Gasteiger partial charge in [0.1, 0.15) is 17.9 Å². The van der Waals surface area contributed by atoms with E-state index in [1.165, 1.54) is 24.3 Å². The van der Waals surface area contributed by atoms with Crippen LogP contribution in [0.15, 0.2) is 76.8 Å². The van der Waals surface area contributed by atoms with Crippen molar-refractivity contribution in [3.63, 3.8) is 0 Å². The fraction of sp³-hybridized carbons (Fsp3) is 0.0417. The fourth-order valence-electron chi connectivity index (χ4n) is 3.29. The molecule has 1 aliphatic heterocycles. The van der Waals surface area contributed by atoms with Crippen LogP contribution < -0.4 is 15.0 Å². The molecule has 0 bridgehead atoms. The second kappa shape index (κ2) is 10.1. The topological polar surface area (TPSA) is 119 Å². The van der Waals surface area contributed by atoms with Crippen molar-refractivity contribution in [3.05, 3.63) is 103 Å². The number of hydrogen-bond donors (Lipinski definition) is 1. The van der Waals surface area contributed by atoms with Crippen molar-refractivity contribution in [1.82, 2.24) is 5.32 Å². The van der Waals surface area contributed by atoms with Gasteiger partial charge in [-0.1, -0.05) is 45.7 Å². The van der Waals surface area contributed by atoms with E-state index < -0.39 is 22.8 Å². The van der Waals surface area contributed by atoms with Gasteiger partial charge in [0.15, 0.2) is 0 Å². The molecule has 176 valence electrons. The van der Waals surface area contributed by atoms with Crippen molar-refractivity contribution in [2.24, 2.45) is 0 Å². The van der Waals surface area contributed by atoms with E-state index in [9.17, 15) is 24.5 Å². The molecule has 3 aromatic rings. The van der Waals surface area contributed by atoms with Gasteiger partial charge in [-0.3, -0.25) is 25.0 Å². The van der Waals surface area contributed by atoms with Crippen LogP contribution >= 0.6 is 27.5 Å². The van der Waals surface area contributed by atoms with E-state index >= 15 is 0 Å². The molecule has 1 fully saturated rings. The summed E-state index contributed by atoms with van der Waals surface area (Å²) in [4.78, 5) is 49.0. The first-order valence-electron chi connectivity index (χ1n) is 10.1. The van der Waals surface area contributed by atoms with Gasteiger partial charge in [0, 0.05) is 16.6 Å². The summed E-state index contributed by atoms with van der Waals surface area (Å²) in [6, 6.07) is 16.3. The number of ether oxygens (including phenoxy) is 1. The zero-order valence-electron chi connectivity index (χ0n) is 17.7. The maximum atomic E-state index is 13.0. The van der Waals surface area contributed by atoms with Crippen LogP contribution in [0, 0.1) is 10.1 Å². The van der Waals surface area contributed by atoms with Gasteiger partial charge in [-0.05, 0) is 53.6 Å². The number of nitro groups is 1. The van der Waals surface area contributed by atoms with Crippen LogP contribution in [0.5, 0.6) is 5.75 Å². The third kappa shape index (κ3) is 5.39. The molecule has 0 spiro atoms. The number of anilines is 1. The van der Waals surface area contributed by atoms with Crippen LogP contribution in [0.3, 0.4) is 0 Å². The standard InChI is InChI=1S/C24H15BrClN3O6/c25-16-5-7-17(8-6-16)28-23(31)19(22(30)27-24(28)32)11-14-4-9-21(20(26)12-14)35-13-15-2-1-3-18(10-15)29(33)34/h1-12H,13H2,(H,27,30,32)/b19-11+. The summed E-state index contributed by atoms with van der Waals surface area (Å²) in [5, 5.41) is 13.3. The first kappa shape index (κ1) is 24.1. The van der Waals surface area contributed by atoms with Crippen LogP contribution in [0.2, 0.25) is 5.02 Å². The number of nitrogens with one attached hydrogen (secondary N) is 1. The Bertz CT molecular complexity index is 1390. The van der Waals surface area contributed by atoms with Gasteiger partial charge in [0.2, 0.25) is 0 Å². The quantitative estimate of drug-likeness (QED) is 0.192. The Balaban J connectivity index is 1.54. The third-order valence-corrected chi connectivity index (χ3v) is 5.79. The normalized spacial score (nSPS) is 14.7. The number of urea groups is 1. The molecule has 35 heavy (non-hydrogen) atoms. The van der Waals surface area contributed by atoms with Gasteiger partial charge in [-0.15, -0.1) is 0 Å². The van der Waals surface area contributed by atoms with Crippen molar-refractivity contribution in [2.45, 2.75) is 6.61 Å². The minimum absolute atomic E-state index is 0.0486. The number of carbonyl (C=O) groups is 3. The highest BCUT2D eigenvalue weighted by molar-refractivity contribution is 9.10. The molecule has 0 atom stereocenters. The Hall–Kier alpha value is -4.02. The number of halogens is 2. The molecule has 0 aromatic heterocycles. The van der Waals surface area contributed by atoms with Gasteiger partial charge in [-0.25, -0.2) is 9.69 Å². The average Bonchev–Trinajstić information content (AvgIpc) is 2.82. The molecule has 1 aliphatic rings. The monoisotopic (exact) mass is 555 g/mol. The molecule has 4 amide bonds. The van der Waals surface area contributed by atoms with Gasteiger partial charge in [0.05, 0.1) is 15.6 Å². The molecule has 11 heteroatoms. The Morgan fingerprint density at radius 3 is 2.49 bits per heavy atom. The molecule has 0 unspecified atom stereocenters. The number of rotatable bonds is 6. The molecule has 3 aromatic carbocycles. The fourth-order valence-corrected chi connectivity index (χ4v) is 3.80. The van der Waals surface area contributed by atoms with E-state index in [-0.39, 0.29) is 22.9 Å². The number of non-ortho nitro benzene ring substituents is 1. The van der Waals surface area contributed by atoms with Crippen LogP contribution in [0.4, 0.5) is 16.2 Å². The summed E-state index contributed by atoms with van der Waals surface area (Å²) < 4.78 is 6.43. The number of imide groups is 2. The number of carbonyl (C=O) groups excluding carboxylic acids is 3. The summed E-state index contributed by atoms with van der Waals surface area (Å²) in [7, 11) is 0. The van der Waals surface area contributed by atoms with E-state index in [1.807, 2.05) is 0 Å². The number of amides is 4. The van der Waals surface area contributed by atoms with E-state index in [0.717, 1.165) is 9.37 Å². The SMILES string of the molecule is O=C1NC(=O)N(c2ccc(Br)cc2)C(=O)/C1=C/c1ccc(OCc2cccc([N+](=O)[O-])c2)c(Cl)c1. The molecule has 0 saturated carbocycles. The smallest absolute Gasteiger partial charge is 0.335 e. The summed E-state index contributed by atoms with van der Waals surface area (Å²) in [6.45, 7) is 0.0486. The minimum atomic E-state index is -0.845. The Kier molecular flexibility index (Phi) is 6.94. The van der Waals surface area contributed by atoms with Crippen molar-refractivity contribution >= 4 is 62.8 Å². The number of nitrogens with zero attached hydrogens (tertiary/aromatic N) is 2. The third-order valence-electron chi connectivity index (χ3n) is 4.97. The van der Waals surface area contributed by atoms with E-state index in [2.05, 4.69) is 21.2 Å². The molecule has 1 heterocycles. The Morgan fingerprint density at radius 1 is 1.06 bits per heavy atom. The van der Waals surface area contributed by atoms with Gasteiger partial charge < -0.3 is 4.74 Å². The molecule has 1 N–H and O–H groups in total. The van der Waals surface area contributed by atoms with Crippen molar-refractivity contribution in [2.75, 3.05) is 4.90 Å². The molecule has 4 rings (SSSR count). The van der Waals surface area contributed by atoms with Crippen LogP contribution in [-0.2, 0) is 16.2 Å². The van der Waals surface area contributed by atoms with E-state index in [4.69, 9.17) is 16.3 Å². The summed E-state index contributed by atoms with van der Waals surface area (Å²) in [5.41, 5.74) is 1.03. The predicted octanol–water partition coefficient (Wildman–Crippen LogP) is 5.26. The number of benzene rings is 3. The summed E-state index contributed by atoms with van der Waals surface area (Å²) in [5.74, 6) is -1.29. The minimum Gasteiger partial charge on any atom is -0.487 e. The number of hydrogen-bond acceptors (Lipinski definition) is 6. The lowest BCUT2D eigenvalue weighted by atomic mass is 10.1. The van der Waals surface area contributed by atoms with Crippen LogP contribution in [0.25, 0.3) is 6.08 Å². The number of nitro benzene ring substituents is 1. The maximum absolute atomic E-state index is 13.0. The van der Waals surface area contributed by atoms with Crippen molar-refractivity contribution in [1.29, 1.82) is 0 Å². The predicted molar refractivity (Wildman–Crippen MR) is 132 cm³/mol. The maximum Gasteiger partial charge on any atom is 0.335 e. The first-order chi connectivity index (χ1) is 16.7. The van der Waals surface area contributed by atoms with Crippen molar-refractivity contribution in [3.8, 4) is 5.75 Å². The highest BCUT2D eigenvalue weighted by Crippen LogP contribution is 2.29. The van der Waals surface area contributed by atoms with E-state index in [1.54, 1.807) is 48.5 Å². The van der Waals surface area contributed by atoms with Gasteiger partial charge in [0.25, 0.3) is 17.5 Å². The lowest BCUT2D eigenvalue weighted by Gasteiger charge is -2.26. The molecule has 0 aliphatic carbocycles. The number of barbiturate groups is 1.